The molecule has 0 atom stereocenters. The smallest absolute Gasteiger partial charge is 0.160 e. The van der Waals surface area contributed by atoms with Gasteiger partial charge in [0.1, 0.15) is 16.7 Å². The number of hydrogen-bond donors (Lipinski definition) is 0. The van der Waals surface area contributed by atoms with E-state index in [2.05, 4.69) is 284 Å². The molecule has 394 valence electrons. The first-order valence-corrected chi connectivity index (χ1v) is 29.1. The zero-order chi connectivity index (χ0) is 55.3. The SMILES string of the molecule is CC1(C)c2ccccc2-c2c(N(c3ccccc3)c3cc4c(c5c3oc3ccccc35)-c3ccc5c(c3C4(C)C)C(C)(C)c3cc(N(c4ccccc4)c4cccc6c4-c4ccccc4C6(C)C)c4c(oc6ccccc64)c3-5)cccc21. The standard InChI is InChI=1S/C78H60N2O2/c1-75(2)53-33-19-15-29-47(53)65-55(75)35-23-37-59(65)79(45-25-11-9-12-26-45)61-43-58-68(74-69(61)49-31-17-21-39-63(49)82-74)52-42-41-51-67-57(77(5,6)71(51)72(52)78(58,7)8)44-62(73-70(67)50-32-18-22-40-64(50)81-73)80(46-27-13-10-14-28-46)60-38-24-36-56-66(60)48-30-16-20-34-54(48)76(56,3)4/h9-44H,1-8H3. The van der Waals surface area contributed by atoms with E-state index in [0.29, 0.717) is 0 Å². The van der Waals surface area contributed by atoms with E-state index >= 15 is 0 Å². The highest BCUT2D eigenvalue weighted by atomic mass is 16.3. The van der Waals surface area contributed by atoms with Crippen molar-refractivity contribution >= 4 is 78.0 Å². The van der Waals surface area contributed by atoms with E-state index in [9.17, 15) is 0 Å². The Morgan fingerprint density at radius 3 is 1.24 bits per heavy atom. The van der Waals surface area contributed by atoms with Crippen LogP contribution in [0.2, 0.25) is 0 Å². The zero-order valence-electron chi connectivity index (χ0n) is 47.5. The van der Waals surface area contributed by atoms with Crippen molar-refractivity contribution < 1.29 is 8.83 Å². The first kappa shape index (κ1) is 47.4. The number of hydrogen-bond acceptors (Lipinski definition) is 4. The molecule has 0 unspecified atom stereocenters. The van der Waals surface area contributed by atoms with Crippen LogP contribution in [0, 0.1) is 0 Å². The third-order valence-corrected chi connectivity index (χ3v) is 19.8. The van der Waals surface area contributed by atoms with E-state index in [1.807, 2.05) is 0 Å². The summed E-state index contributed by atoms with van der Waals surface area (Å²) in [6.07, 6.45) is 0. The Labute approximate surface area is 478 Å². The maximum atomic E-state index is 7.37. The molecule has 0 spiro atoms. The second-order valence-electron chi connectivity index (χ2n) is 25.5. The summed E-state index contributed by atoms with van der Waals surface area (Å²) in [5, 5.41) is 4.49. The molecule has 0 N–H and O–H groups in total. The normalized spacial score (nSPS) is 15.7. The molecule has 4 aliphatic rings. The molecule has 11 aromatic carbocycles. The van der Waals surface area contributed by atoms with Crippen molar-refractivity contribution in [1.29, 1.82) is 0 Å². The number of furan rings is 2. The molecule has 82 heavy (non-hydrogen) atoms. The number of benzene rings is 11. The molecule has 2 aromatic heterocycles. The average molecular weight is 1060 g/mol. The summed E-state index contributed by atoms with van der Waals surface area (Å²) < 4.78 is 14.7. The van der Waals surface area contributed by atoms with Crippen molar-refractivity contribution in [1.82, 2.24) is 0 Å². The van der Waals surface area contributed by atoms with Gasteiger partial charge in [-0.3, -0.25) is 0 Å². The molecule has 0 radical (unpaired) electrons. The van der Waals surface area contributed by atoms with E-state index in [-0.39, 0.29) is 10.8 Å². The average Bonchev–Trinajstić information content (AvgIpc) is 2.48. The van der Waals surface area contributed by atoms with Gasteiger partial charge in [0.05, 0.1) is 28.1 Å². The molecule has 17 rings (SSSR count). The molecular formula is C78H60N2O2. The van der Waals surface area contributed by atoms with Crippen molar-refractivity contribution in [3.8, 4) is 44.5 Å². The zero-order valence-corrected chi connectivity index (χ0v) is 47.5. The van der Waals surface area contributed by atoms with Crippen LogP contribution in [0.15, 0.2) is 227 Å². The van der Waals surface area contributed by atoms with Gasteiger partial charge in [-0.1, -0.05) is 213 Å². The Bertz CT molecular complexity index is 4930. The fraction of sp³-hybridized carbons (Fsp3) is 0.154. The minimum atomic E-state index is -0.464. The predicted molar refractivity (Wildman–Crippen MR) is 341 cm³/mol. The highest BCUT2D eigenvalue weighted by Gasteiger charge is 2.50. The molecule has 4 aliphatic carbocycles. The van der Waals surface area contributed by atoms with Crippen LogP contribution in [0.25, 0.3) is 88.4 Å². The van der Waals surface area contributed by atoms with E-state index in [1.54, 1.807) is 0 Å². The molecule has 0 saturated heterocycles. The third kappa shape index (κ3) is 5.96. The molecular weight excluding hydrogens is 997 g/mol. The summed E-state index contributed by atoms with van der Waals surface area (Å²) in [5.41, 5.74) is 29.6. The summed E-state index contributed by atoms with van der Waals surface area (Å²) >= 11 is 0. The Balaban J connectivity index is 0.927. The van der Waals surface area contributed by atoms with E-state index in [4.69, 9.17) is 8.83 Å². The van der Waals surface area contributed by atoms with Gasteiger partial charge >= 0.3 is 0 Å². The van der Waals surface area contributed by atoms with Crippen LogP contribution in [-0.2, 0) is 21.7 Å². The number of rotatable bonds is 6. The molecule has 2 heterocycles. The molecule has 0 fully saturated rings. The second-order valence-corrected chi connectivity index (χ2v) is 25.5. The van der Waals surface area contributed by atoms with Gasteiger partial charge in [-0.2, -0.15) is 0 Å². The van der Waals surface area contributed by atoms with Gasteiger partial charge in [0.25, 0.3) is 0 Å². The van der Waals surface area contributed by atoms with E-state index < -0.39 is 10.8 Å². The lowest BCUT2D eigenvalue weighted by Gasteiger charge is -2.33. The minimum absolute atomic E-state index is 0.172. The number of nitrogens with zero attached hydrogens (tertiary/aromatic N) is 2. The Kier molecular flexibility index (Phi) is 9.35. The summed E-state index contributed by atoms with van der Waals surface area (Å²) in [7, 11) is 0. The fourth-order valence-electron chi connectivity index (χ4n) is 16.0. The van der Waals surface area contributed by atoms with Crippen LogP contribution in [-0.4, -0.2) is 0 Å². The monoisotopic (exact) mass is 1060 g/mol. The van der Waals surface area contributed by atoms with Gasteiger partial charge in [-0.05, 0) is 133 Å². The van der Waals surface area contributed by atoms with Crippen LogP contribution < -0.4 is 9.80 Å². The topological polar surface area (TPSA) is 32.8 Å². The number of fused-ring (bicyclic) bond motifs is 21. The first-order chi connectivity index (χ1) is 39.8. The predicted octanol–water partition coefficient (Wildman–Crippen LogP) is 21.7. The summed E-state index contributed by atoms with van der Waals surface area (Å²) in [5.74, 6) is 0. The van der Waals surface area contributed by atoms with Crippen LogP contribution in [0.4, 0.5) is 34.1 Å². The van der Waals surface area contributed by atoms with Gasteiger partial charge in [0.15, 0.2) is 5.58 Å². The van der Waals surface area contributed by atoms with Crippen molar-refractivity contribution in [2.45, 2.75) is 77.0 Å². The molecule has 0 bridgehead atoms. The maximum absolute atomic E-state index is 7.37. The highest BCUT2D eigenvalue weighted by molar-refractivity contribution is 6.22. The van der Waals surface area contributed by atoms with Gasteiger partial charge in [-0.25, -0.2) is 0 Å². The largest absolute Gasteiger partial charge is 0.455 e. The number of para-hydroxylation sites is 4. The van der Waals surface area contributed by atoms with E-state index in [1.165, 1.54) is 89.0 Å². The van der Waals surface area contributed by atoms with Crippen LogP contribution in [0.3, 0.4) is 0 Å². The lowest BCUT2D eigenvalue weighted by atomic mass is 9.72. The quantitative estimate of drug-likeness (QED) is 0.166. The molecule has 0 aliphatic heterocycles. The molecule has 13 aromatic rings. The minimum Gasteiger partial charge on any atom is -0.455 e. The molecule has 0 amide bonds. The summed E-state index contributed by atoms with van der Waals surface area (Å²) in [4.78, 5) is 5.03. The van der Waals surface area contributed by atoms with E-state index in [0.717, 1.165) is 78.0 Å². The van der Waals surface area contributed by atoms with Crippen molar-refractivity contribution in [2.24, 2.45) is 0 Å². The second kappa shape index (κ2) is 16.2. The molecule has 0 saturated carbocycles. The Hall–Kier alpha value is -9.38. The first-order valence-electron chi connectivity index (χ1n) is 29.1. The lowest BCUT2D eigenvalue weighted by Crippen LogP contribution is -2.24. The van der Waals surface area contributed by atoms with Crippen LogP contribution >= 0.6 is 0 Å². The third-order valence-electron chi connectivity index (χ3n) is 19.8. The van der Waals surface area contributed by atoms with Gasteiger partial charge in [0, 0.05) is 65.9 Å². The fourth-order valence-corrected chi connectivity index (χ4v) is 16.0. The molecule has 4 heteroatoms. The van der Waals surface area contributed by atoms with Gasteiger partial charge < -0.3 is 18.6 Å². The lowest BCUT2D eigenvalue weighted by molar-refractivity contribution is 0.600. The summed E-state index contributed by atoms with van der Waals surface area (Å²) in [6.45, 7) is 19.3. The Morgan fingerprint density at radius 1 is 0.280 bits per heavy atom. The van der Waals surface area contributed by atoms with Gasteiger partial charge in [-0.15, -0.1) is 0 Å². The van der Waals surface area contributed by atoms with Crippen LogP contribution in [0.5, 0.6) is 0 Å². The summed E-state index contributed by atoms with van der Waals surface area (Å²) in [6, 6.07) is 80.9. The van der Waals surface area contributed by atoms with Crippen molar-refractivity contribution in [3.05, 3.63) is 263 Å². The highest BCUT2D eigenvalue weighted by Crippen LogP contribution is 2.65. The van der Waals surface area contributed by atoms with Crippen molar-refractivity contribution in [2.75, 3.05) is 9.80 Å². The van der Waals surface area contributed by atoms with Gasteiger partial charge in [0.2, 0.25) is 0 Å². The number of anilines is 6. The Morgan fingerprint density at radius 2 is 0.695 bits per heavy atom. The van der Waals surface area contributed by atoms with Crippen molar-refractivity contribution in [3.63, 3.8) is 0 Å². The van der Waals surface area contributed by atoms with Crippen LogP contribution in [0.1, 0.15) is 99.9 Å². The maximum Gasteiger partial charge on any atom is 0.160 e. The molecule has 4 nitrogen and oxygen atoms in total.